The molecule has 0 saturated carbocycles. The van der Waals surface area contributed by atoms with Crippen LogP contribution in [0.3, 0.4) is 0 Å². The number of amides is 1. The predicted molar refractivity (Wildman–Crippen MR) is 105 cm³/mol. The number of hydrogen-bond acceptors (Lipinski definition) is 4. The average Bonchev–Trinajstić information content (AvgIpc) is 2.64. The fourth-order valence-corrected chi connectivity index (χ4v) is 2.53. The van der Waals surface area contributed by atoms with E-state index in [-0.39, 0.29) is 5.91 Å². The fraction of sp³-hybridized carbons (Fsp3) is 0.190. The van der Waals surface area contributed by atoms with Crippen molar-refractivity contribution in [1.82, 2.24) is 10.2 Å². The average molecular weight is 346 g/mol. The maximum absolute atomic E-state index is 12.1. The van der Waals surface area contributed by atoms with Crippen molar-refractivity contribution in [3.05, 3.63) is 77.9 Å². The van der Waals surface area contributed by atoms with Crippen molar-refractivity contribution < 1.29 is 4.79 Å². The van der Waals surface area contributed by atoms with E-state index in [9.17, 15) is 4.79 Å². The van der Waals surface area contributed by atoms with Crippen LogP contribution in [0.15, 0.2) is 66.7 Å². The summed E-state index contributed by atoms with van der Waals surface area (Å²) in [6.07, 6.45) is 0.310. The highest BCUT2D eigenvalue weighted by Crippen LogP contribution is 2.19. The van der Waals surface area contributed by atoms with E-state index in [2.05, 4.69) is 46.8 Å². The van der Waals surface area contributed by atoms with Crippen molar-refractivity contribution >= 4 is 23.2 Å². The Morgan fingerprint density at radius 3 is 2.15 bits per heavy atom. The molecule has 2 N–H and O–H groups in total. The number of aromatic nitrogens is 2. The van der Waals surface area contributed by atoms with Crippen molar-refractivity contribution in [2.24, 2.45) is 0 Å². The SMILES string of the molecule is CC(C)c1ccc(Nc2ccc(NC(=O)Cc3ccccc3)nn2)cc1. The highest BCUT2D eigenvalue weighted by molar-refractivity contribution is 5.91. The van der Waals surface area contributed by atoms with Gasteiger partial charge in [-0.3, -0.25) is 4.79 Å². The first-order valence-electron chi connectivity index (χ1n) is 8.64. The van der Waals surface area contributed by atoms with Crippen molar-refractivity contribution in [3.63, 3.8) is 0 Å². The molecule has 3 rings (SSSR count). The van der Waals surface area contributed by atoms with Crippen molar-refractivity contribution in [2.45, 2.75) is 26.2 Å². The lowest BCUT2D eigenvalue weighted by Crippen LogP contribution is -2.15. The predicted octanol–water partition coefficient (Wildman–Crippen LogP) is 4.52. The fourth-order valence-electron chi connectivity index (χ4n) is 2.53. The van der Waals surface area contributed by atoms with Gasteiger partial charge in [-0.1, -0.05) is 56.3 Å². The number of anilines is 3. The van der Waals surface area contributed by atoms with E-state index >= 15 is 0 Å². The topological polar surface area (TPSA) is 66.9 Å². The van der Waals surface area contributed by atoms with Gasteiger partial charge in [0.05, 0.1) is 6.42 Å². The summed E-state index contributed by atoms with van der Waals surface area (Å²) in [4.78, 5) is 12.1. The van der Waals surface area contributed by atoms with Crippen LogP contribution in [0.4, 0.5) is 17.3 Å². The van der Waals surface area contributed by atoms with E-state index in [1.165, 1.54) is 5.56 Å². The standard InChI is InChI=1S/C21H22N4O/c1-15(2)17-8-10-18(11-9-17)22-19-12-13-20(25-24-19)23-21(26)14-16-6-4-3-5-7-16/h3-13,15H,14H2,1-2H3,(H,22,24)(H,23,25,26). The summed E-state index contributed by atoms with van der Waals surface area (Å²) in [5.41, 5.74) is 3.20. The molecule has 0 radical (unpaired) electrons. The van der Waals surface area contributed by atoms with Gasteiger partial charge in [-0.05, 0) is 41.3 Å². The zero-order chi connectivity index (χ0) is 18.4. The molecule has 5 nitrogen and oxygen atoms in total. The van der Waals surface area contributed by atoms with Gasteiger partial charge in [0.25, 0.3) is 0 Å². The Hall–Kier alpha value is -3.21. The molecule has 1 amide bonds. The van der Waals surface area contributed by atoms with Gasteiger partial charge in [0, 0.05) is 5.69 Å². The minimum absolute atomic E-state index is 0.115. The second-order valence-electron chi connectivity index (χ2n) is 6.42. The summed E-state index contributed by atoms with van der Waals surface area (Å²) in [6.45, 7) is 4.33. The molecule has 0 atom stereocenters. The van der Waals surface area contributed by atoms with Crippen LogP contribution in [-0.4, -0.2) is 16.1 Å². The van der Waals surface area contributed by atoms with Gasteiger partial charge in [-0.25, -0.2) is 0 Å². The maximum atomic E-state index is 12.1. The molecule has 0 saturated heterocycles. The Morgan fingerprint density at radius 2 is 1.54 bits per heavy atom. The van der Waals surface area contributed by atoms with Crippen LogP contribution in [-0.2, 0) is 11.2 Å². The number of carbonyl (C=O) groups is 1. The molecule has 0 aliphatic carbocycles. The molecule has 2 aromatic carbocycles. The van der Waals surface area contributed by atoms with Crippen LogP contribution in [0.5, 0.6) is 0 Å². The monoisotopic (exact) mass is 346 g/mol. The number of benzene rings is 2. The molecular weight excluding hydrogens is 324 g/mol. The van der Waals surface area contributed by atoms with Crippen molar-refractivity contribution in [3.8, 4) is 0 Å². The van der Waals surface area contributed by atoms with E-state index < -0.39 is 0 Å². The summed E-state index contributed by atoms with van der Waals surface area (Å²) in [5.74, 6) is 1.45. The minimum Gasteiger partial charge on any atom is -0.339 e. The number of nitrogens with zero attached hydrogens (tertiary/aromatic N) is 2. The molecule has 26 heavy (non-hydrogen) atoms. The summed E-state index contributed by atoms with van der Waals surface area (Å²) in [6, 6.07) is 21.4. The Kier molecular flexibility index (Phi) is 5.59. The van der Waals surface area contributed by atoms with E-state index in [0.29, 0.717) is 24.0 Å². The lowest BCUT2D eigenvalue weighted by Gasteiger charge is -2.09. The van der Waals surface area contributed by atoms with Crippen LogP contribution < -0.4 is 10.6 Å². The number of rotatable bonds is 6. The molecule has 0 spiro atoms. The Morgan fingerprint density at radius 1 is 0.885 bits per heavy atom. The van der Waals surface area contributed by atoms with Gasteiger partial charge in [0.1, 0.15) is 0 Å². The summed E-state index contributed by atoms with van der Waals surface area (Å²) in [5, 5.41) is 14.1. The molecule has 5 heteroatoms. The second-order valence-corrected chi connectivity index (χ2v) is 6.42. The van der Waals surface area contributed by atoms with Crippen LogP contribution in [0.1, 0.15) is 30.9 Å². The number of hydrogen-bond donors (Lipinski definition) is 2. The molecule has 0 bridgehead atoms. The highest BCUT2D eigenvalue weighted by Gasteiger charge is 2.06. The van der Waals surface area contributed by atoms with Crippen LogP contribution in [0.2, 0.25) is 0 Å². The third kappa shape index (κ3) is 4.89. The molecule has 3 aromatic rings. The lowest BCUT2D eigenvalue weighted by atomic mass is 10.0. The zero-order valence-corrected chi connectivity index (χ0v) is 14.9. The number of nitrogens with one attached hydrogen (secondary N) is 2. The van der Waals surface area contributed by atoms with Gasteiger partial charge in [0.2, 0.25) is 5.91 Å². The van der Waals surface area contributed by atoms with E-state index in [0.717, 1.165) is 11.3 Å². The van der Waals surface area contributed by atoms with Crippen molar-refractivity contribution in [1.29, 1.82) is 0 Å². The zero-order valence-electron chi connectivity index (χ0n) is 14.9. The molecular formula is C21H22N4O. The van der Waals surface area contributed by atoms with Crippen LogP contribution in [0.25, 0.3) is 0 Å². The second kappa shape index (κ2) is 8.25. The molecule has 132 valence electrons. The van der Waals surface area contributed by atoms with E-state index in [1.54, 1.807) is 12.1 Å². The third-order valence-corrected chi connectivity index (χ3v) is 3.99. The highest BCUT2D eigenvalue weighted by atomic mass is 16.1. The molecule has 0 aliphatic rings. The van der Waals surface area contributed by atoms with Gasteiger partial charge in [-0.2, -0.15) is 0 Å². The van der Waals surface area contributed by atoms with Gasteiger partial charge < -0.3 is 10.6 Å². The Balaban J connectivity index is 1.57. The van der Waals surface area contributed by atoms with E-state index in [1.807, 2.05) is 42.5 Å². The quantitative estimate of drug-likeness (QED) is 0.688. The van der Waals surface area contributed by atoms with Gasteiger partial charge in [-0.15, -0.1) is 10.2 Å². The van der Waals surface area contributed by atoms with Gasteiger partial charge in [0.15, 0.2) is 11.6 Å². The van der Waals surface area contributed by atoms with Crippen molar-refractivity contribution in [2.75, 3.05) is 10.6 Å². The molecule has 1 heterocycles. The van der Waals surface area contributed by atoms with Crippen LogP contribution in [0, 0.1) is 0 Å². The summed E-state index contributed by atoms with van der Waals surface area (Å²) < 4.78 is 0. The maximum Gasteiger partial charge on any atom is 0.229 e. The lowest BCUT2D eigenvalue weighted by molar-refractivity contribution is -0.115. The Bertz CT molecular complexity index is 843. The van der Waals surface area contributed by atoms with E-state index in [4.69, 9.17) is 0 Å². The summed E-state index contributed by atoms with van der Waals surface area (Å²) >= 11 is 0. The summed E-state index contributed by atoms with van der Waals surface area (Å²) in [7, 11) is 0. The molecule has 0 unspecified atom stereocenters. The third-order valence-electron chi connectivity index (χ3n) is 3.99. The molecule has 0 fully saturated rings. The number of carbonyl (C=O) groups excluding carboxylic acids is 1. The smallest absolute Gasteiger partial charge is 0.229 e. The Labute approximate surface area is 153 Å². The normalized spacial score (nSPS) is 10.6. The van der Waals surface area contributed by atoms with Gasteiger partial charge >= 0.3 is 0 Å². The molecule has 0 aliphatic heterocycles. The minimum atomic E-state index is -0.115. The first-order chi connectivity index (χ1) is 12.6. The largest absolute Gasteiger partial charge is 0.339 e. The first-order valence-corrected chi connectivity index (χ1v) is 8.64. The first kappa shape index (κ1) is 17.6. The van der Waals surface area contributed by atoms with Crippen LogP contribution >= 0.6 is 0 Å². The molecule has 1 aromatic heterocycles.